The van der Waals surface area contributed by atoms with Crippen molar-refractivity contribution < 1.29 is 28.8 Å². The van der Waals surface area contributed by atoms with Crippen molar-refractivity contribution in [2.75, 3.05) is 13.7 Å². The summed E-state index contributed by atoms with van der Waals surface area (Å²) in [6, 6.07) is 4.33. The predicted molar refractivity (Wildman–Crippen MR) is 100 cm³/mol. The van der Waals surface area contributed by atoms with Gasteiger partial charge in [-0.2, -0.15) is 4.89 Å². The number of methoxy groups -OCH3 is 1. The molecule has 1 aromatic rings. The van der Waals surface area contributed by atoms with Crippen molar-refractivity contribution in [3.63, 3.8) is 0 Å². The number of benzene rings is 1. The molecule has 0 aromatic heterocycles. The first-order chi connectivity index (χ1) is 12.5. The molecule has 0 spiro atoms. The topological polar surface area (TPSA) is 74.3 Å². The van der Waals surface area contributed by atoms with Crippen molar-refractivity contribution >= 4 is 52.1 Å². The van der Waals surface area contributed by atoms with E-state index in [2.05, 4.69) is 0 Å². The minimum Gasteiger partial charge on any atom is -0.497 e. The van der Waals surface area contributed by atoms with Crippen LogP contribution in [-0.4, -0.2) is 42.6 Å². The lowest BCUT2D eigenvalue weighted by molar-refractivity contribution is -0.418. The number of carbonyl (C=O) groups is 2. The highest BCUT2D eigenvalue weighted by Gasteiger charge is 2.63. The van der Waals surface area contributed by atoms with Gasteiger partial charge in [0.25, 0.3) is 0 Å². The molecule has 3 aliphatic heterocycles. The standard InChI is InChI=1S/C17H15Cl2NO6.BrH/c1-23-13-8-14(21)24-15(13)17(10-5-4-9(18)7-11(10)19)20-6-2-3-12(20)16(22)25-26-17;/h4-5,7-8,12,15H,2-3,6H2,1H3;1H/t12-,15?,17?;/m0./s1. The summed E-state index contributed by atoms with van der Waals surface area (Å²) in [4.78, 5) is 36.6. The van der Waals surface area contributed by atoms with Gasteiger partial charge in [0.2, 0.25) is 11.8 Å². The van der Waals surface area contributed by atoms with Gasteiger partial charge in [-0.3, -0.25) is 9.79 Å². The second-order valence-electron chi connectivity index (χ2n) is 6.23. The number of rotatable bonds is 3. The SMILES string of the molecule is Br.COC1=CC(=O)OC1C1(c2ccc(Cl)cc2Cl)OOC(=O)[C@@H]2CCCN21. The molecule has 3 atom stereocenters. The van der Waals surface area contributed by atoms with Crippen molar-refractivity contribution in [1.82, 2.24) is 4.90 Å². The van der Waals surface area contributed by atoms with E-state index in [0.29, 0.717) is 28.6 Å². The number of cyclic esters (lactones) is 1. The van der Waals surface area contributed by atoms with Crippen LogP contribution in [0.5, 0.6) is 0 Å². The van der Waals surface area contributed by atoms with Gasteiger partial charge in [-0.15, -0.1) is 17.0 Å². The van der Waals surface area contributed by atoms with Crippen LogP contribution in [-0.2, 0) is 34.6 Å². The number of ether oxygens (including phenoxy) is 2. The van der Waals surface area contributed by atoms with E-state index in [1.807, 2.05) is 4.90 Å². The van der Waals surface area contributed by atoms with Gasteiger partial charge in [0.1, 0.15) is 11.8 Å². The number of halogens is 3. The third kappa shape index (κ3) is 3.13. The van der Waals surface area contributed by atoms with Crippen molar-refractivity contribution in [3.8, 4) is 0 Å². The van der Waals surface area contributed by atoms with Crippen LogP contribution < -0.4 is 0 Å². The average molecular weight is 481 g/mol. The fraction of sp³-hybridized carbons (Fsp3) is 0.412. The Morgan fingerprint density at radius 2 is 2.07 bits per heavy atom. The molecule has 2 unspecified atom stereocenters. The third-order valence-electron chi connectivity index (χ3n) is 4.86. The number of fused-ring (bicyclic) bond motifs is 1. The van der Waals surface area contributed by atoms with E-state index < -0.39 is 29.8 Å². The normalized spacial score (nSPS) is 30.1. The molecular weight excluding hydrogens is 465 g/mol. The van der Waals surface area contributed by atoms with Crippen molar-refractivity contribution in [3.05, 3.63) is 45.6 Å². The van der Waals surface area contributed by atoms with Crippen LogP contribution in [0.1, 0.15) is 18.4 Å². The van der Waals surface area contributed by atoms with Gasteiger partial charge in [0, 0.05) is 22.2 Å². The van der Waals surface area contributed by atoms with E-state index in [-0.39, 0.29) is 22.7 Å². The second-order valence-corrected chi connectivity index (χ2v) is 7.07. The van der Waals surface area contributed by atoms with E-state index >= 15 is 0 Å². The molecule has 1 aromatic carbocycles. The zero-order valence-electron chi connectivity index (χ0n) is 14.1. The maximum absolute atomic E-state index is 12.2. The molecule has 0 saturated carbocycles. The lowest BCUT2D eigenvalue weighted by Gasteiger charge is -2.47. The number of hydrogen-bond acceptors (Lipinski definition) is 7. The molecule has 0 N–H and O–H groups in total. The molecular formula is C17H16BrCl2NO6. The second kappa shape index (κ2) is 7.60. The van der Waals surface area contributed by atoms with Crippen LogP contribution in [0.2, 0.25) is 10.0 Å². The first-order valence-electron chi connectivity index (χ1n) is 8.05. The van der Waals surface area contributed by atoms with Crippen molar-refractivity contribution in [1.29, 1.82) is 0 Å². The smallest absolute Gasteiger partial charge is 0.359 e. The van der Waals surface area contributed by atoms with Gasteiger partial charge >= 0.3 is 11.9 Å². The number of nitrogens with zero attached hydrogens (tertiary/aromatic N) is 1. The molecule has 3 aliphatic rings. The maximum Gasteiger partial charge on any atom is 0.359 e. The van der Waals surface area contributed by atoms with Crippen LogP contribution in [0.15, 0.2) is 30.0 Å². The summed E-state index contributed by atoms with van der Waals surface area (Å²) in [5, 5.41) is 0.727. The Hall–Kier alpha value is -1.32. The molecule has 0 amide bonds. The molecule has 0 aliphatic carbocycles. The van der Waals surface area contributed by atoms with Gasteiger partial charge < -0.3 is 9.47 Å². The number of hydrogen-bond donors (Lipinski definition) is 0. The van der Waals surface area contributed by atoms with E-state index in [0.717, 1.165) is 6.42 Å². The molecule has 2 fully saturated rings. The molecule has 146 valence electrons. The maximum atomic E-state index is 12.2. The highest BCUT2D eigenvalue weighted by molar-refractivity contribution is 8.93. The zero-order valence-corrected chi connectivity index (χ0v) is 17.4. The third-order valence-corrected chi connectivity index (χ3v) is 5.41. The summed E-state index contributed by atoms with van der Waals surface area (Å²) >= 11 is 12.5. The minimum absolute atomic E-state index is 0. The largest absolute Gasteiger partial charge is 0.497 e. The Morgan fingerprint density at radius 3 is 2.78 bits per heavy atom. The molecule has 0 radical (unpaired) electrons. The Balaban J connectivity index is 0.00000210. The Morgan fingerprint density at radius 1 is 1.30 bits per heavy atom. The molecule has 0 bridgehead atoms. The molecule has 10 heteroatoms. The van der Waals surface area contributed by atoms with E-state index in [9.17, 15) is 9.59 Å². The van der Waals surface area contributed by atoms with Gasteiger partial charge in [0.15, 0.2) is 0 Å². The summed E-state index contributed by atoms with van der Waals surface area (Å²) in [5.74, 6) is -0.812. The lowest BCUT2D eigenvalue weighted by atomic mass is 9.92. The van der Waals surface area contributed by atoms with Crippen molar-refractivity contribution in [2.45, 2.75) is 30.7 Å². The van der Waals surface area contributed by atoms with Gasteiger partial charge in [-0.25, -0.2) is 9.59 Å². The highest BCUT2D eigenvalue weighted by atomic mass is 79.9. The molecule has 3 heterocycles. The average Bonchev–Trinajstić information content (AvgIpc) is 3.24. The summed E-state index contributed by atoms with van der Waals surface area (Å²) in [6.07, 6.45) is 1.60. The minimum atomic E-state index is -1.47. The molecule has 2 saturated heterocycles. The fourth-order valence-corrected chi connectivity index (χ4v) is 4.32. The van der Waals surface area contributed by atoms with Gasteiger partial charge in [-0.05, 0) is 25.0 Å². The lowest BCUT2D eigenvalue weighted by Crippen LogP contribution is -2.63. The van der Waals surface area contributed by atoms with Gasteiger partial charge in [0.05, 0.1) is 13.2 Å². The highest BCUT2D eigenvalue weighted by Crippen LogP contribution is 2.49. The zero-order chi connectivity index (χ0) is 18.5. The van der Waals surface area contributed by atoms with Crippen LogP contribution in [0.25, 0.3) is 0 Å². The van der Waals surface area contributed by atoms with Crippen LogP contribution in [0, 0.1) is 0 Å². The Kier molecular flexibility index (Phi) is 5.74. The predicted octanol–water partition coefficient (Wildman–Crippen LogP) is 3.13. The molecule has 27 heavy (non-hydrogen) atoms. The van der Waals surface area contributed by atoms with Crippen LogP contribution in [0.4, 0.5) is 0 Å². The van der Waals surface area contributed by atoms with Crippen LogP contribution >= 0.6 is 40.2 Å². The summed E-state index contributed by atoms with van der Waals surface area (Å²) in [5.41, 5.74) is -1.00. The number of esters is 1. The molecule has 4 rings (SSSR count). The summed E-state index contributed by atoms with van der Waals surface area (Å²) in [6.45, 7) is 0.532. The number of carbonyl (C=O) groups excluding carboxylic acids is 2. The fourth-order valence-electron chi connectivity index (χ4n) is 3.77. The Labute approximate surface area is 175 Å². The first-order valence-corrected chi connectivity index (χ1v) is 8.81. The van der Waals surface area contributed by atoms with Crippen molar-refractivity contribution in [2.24, 2.45) is 0 Å². The Bertz CT molecular complexity index is 819. The van der Waals surface area contributed by atoms with Crippen LogP contribution in [0.3, 0.4) is 0 Å². The quantitative estimate of drug-likeness (QED) is 0.486. The van der Waals surface area contributed by atoms with Gasteiger partial charge in [-0.1, -0.05) is 29.3 Å². The van der Waals surface area contributed by atoms with E-state index in [1.165, 1.54) is 13.2 Å². The first kappa shape index (κ1) is 20.4. The summed E-state index contributed by atoms with van der Waals surface area (Å²) in [7, 11) is 1.42. The van der Waals surface area contributed by atoms with E-state index in [1.54, 1.807) is 18.2 Å². The molecule has 7 nitrogen and oxygen atoms in total. The summed E-state index contributed by atoms with van der Waals surface area (Å²) < 4.78 is 10.8. The van der Waals surface area contributed by atoms with E-state index in [4.69, 9.17) is 42.5 Å². The monoisotopic (exact) mass is 479 g/mol.